The Morgan fingerprint density at radius 1 is 1.14 bits per heavy atom. The molecular weight excluding hydrogens is 340 g/mol. The van der Waals surface area contributed by atoms with Crippen LogP contribution in [0.5, 0.6) is 0 Å². The molecule has 2 rings (SSSR count). The number of benzene rings is 2. The summed E-state index contributed by atoms with van der Waals surface area (Å²) in [6, 6.07) is 10.0. The first-order valence-electron chi connectivity index (χ1n) is 6.38. The van der Waals surface area contributed by atoms with Crippen molar-refractivity contribution in [3.63, 3.8) is 0 Å². The topological polar surface area (TPSA) is 20.3 Å². The van der Waals surface area contributed by atoms with Crippen molar-refractivity contribution in [1.82, 2.24) is 4.90 Å². The van der Waals surface area contributed by atoms with Crippen LogP contribution in [-0.4, -0.2) is 17.9 Å². The number of hydrogen-bond acceptors (Lipinski definition) is 1. The molecule has 0 saturated heterocycles. The smallest absolute Gasteiger partial charge is 0.254 e. The molecular formula is C16H14BrF2NO. The van der Waals surface area contributed by atoms with Gasteiger partial charge >= 0.3 is 0 Å². The molecule has 2 aromatic carbocycles. The molecule has 0 radical (unpaired) electrons. The Morgan fingerprint density at radius 3 is 2.43 bits per heavy atom. The van der Waals surface area contributed by atoms with Crippen LogP contribution in [0, 0.1) is 11.6 Å². The molecule has 2 aromatic rings. The highest BCUT2D eigenvalue weighted by atomic mass is 79.9. The minimum atomic E-state index is -0.507. The molecule has 0 spiro atoms. The van der Waals surface area contributed by atoms with E-state index in [0.717, 1.165) is 6.07 Å². The summed E-state index contributed by atoms with van der Waals surface area (Å²) in [6.07, 6.45) is 0. The number of amides is 1. The standard InChI is InChI=1S/C16H14BrF2NO/c1-10(12-5-3-4-6-14(12)18)20(2)16(21)11-7-8-13(17)15(19)9-11/h3-10H,1-2H3. The van der Waals surface area contributed by atoms with Crippen molar-refractivity contribution in [1.29, 1.82) is 0 Å². The Balaban J connectivity index is 2.26. The lowest BCUT2D eigenvalue weighted by Gasteiger charge is -2.25. The van der Waals surface area contributed by atoms with Gasteiger partial charge in [0.25, 0.3) is 5.91 Å². The zero-order valence-corrected chi connectivity index (χ0v) is 13.2. The Hall–Kier alpha value is -1.75. The zero-order valence-electron chi connectivity index (χ0n) is 11.6. The van der Waals surface area contributed by atoms with Gasteiger partial charge in [0.2, 0.25) is 0 Å². The maximum Gasteiger partial charge on any atom is 0.254 e. The molecule has 0 aliphatic rings. The lowest BCUT2D eigenvalue weighted by Crippen LogP contribution is -2.30. The average molecular weight is 354 g/mol. The number of hydrogen-bond donors (Lipinski definition) is 0. The van der Waals surface area contributed by atoms with E-state index in [1.807, 2.05) is 0 Å². The molecule has 1 unspecified atom stereocenters. The molecule has 110 valence electrons. The summed E-state index contributed by atoms with van der Waals surface area (Å²) >= 11 is 3.04. The fourth-order valence-corrected chi connectivity index (χ4v) is 2.28. The van der Waals surface area contributed by atoms with Gasteiger partial charge in [0.05, 0.1) is 10.5 Å². The summed E-state index contributed by atoms with van der Waals surface area (Å²) in [6.45, 7) is 1.73. The van der Waals surface area contributed by atoms with Crippen molar-refractivity contribution < 1.29 is 13.6 Å². The van der Waals surface area contributed by atoms with Crippen molar-refractivity contribution in [2.75, 3.05) is 7.05 Å². The Labute approximate surface area is 130 Å². The van der Waals surface area contributed by atoms with Crippen LogP contribution in [0.3, 0.4) is 0 Å². The summed E-state index contributed by atoms with van der Waals surface area (Å²) in [7, 11) is 1.57. The largest absolute Gasteiger partial charge is 0.335 e. The molecule has 21 heavy (non-hydrogen) atoms. The Morgan fingerprint density at radius 2 is 1.81 bits per heavy atom. The highest BCUT2D eigenvalue weighted by molar-refractivity contribution is 9.10. The number of rotatable bonds is 3. The summed E-state index contributed by atoms with van der Waals surface area (Å²) < 4.78 is 27.6. The second-order valence-electron chi connectivity index (χ2n) is 4.74. The van der Waals surface area contributed by atoms with E-state index in [0.29, 0.717) is 10.0 Å². The van der Waals surface area contributed by atoms with Gasteiger partial charge in [-0.15, -0.1) is 0 Å². The van der Waals surface area contributed by atoms with Gasteiger partial charge in [-0.3, -0.25) is 4.79 Å². The quantitative estimate of drug-likeness (QED) is 0.791. The van der Waals surface area contributed by atoms with E-state index in [4.69, 9.17) is 0 Å². The fraction of sp³-hybridized carbons (Fsp3) is 0.188. The van der Waals surface area contributed by atoms with Crippen LogP contribution in [0.1, 0.15) is 28.9 Å². The van der Waals surface area contributed by atoms with Crippen LogP contribution in [0.15, 0.2) is 46.9 Å². The third kappa shape index (κ3) is 3.29. The Kier molecular flexibility index (Phi) is 4.73. The molecule has 0 bridgehead atoms. The van der Waals surface area contributed by atoms with Gasteiger partial charge in [-0.2, -0.15) is 0 Å². The Bertz CT molecular complexity index is 675. The third-order valence-corrected chi connectivity index (χ3v) is 4.07. The molecule has 5 heteroatoms. The lowest BCUT2D eigenvalue weighted by atomic mass is 10.1. The summed E-state index contributed by atoms with van der Waals surface area (Å²) in [4.78, 5) is 13.7. The van der Waals surface area contributed by atoms with Crippen LogP contribution in [0.2, 0.25) is 0 Å². The van der Waals surface area contributed by atoms with Crippen LogP contribution in [0.4, 0.5) is 8.78 Å². The molecule has 0 heterocycles. The highest BCUT2D eigenvalue weighted by Gasteiger charge is 2.21. The van der Waals surface area contributed by atoms with Crippen LogP contribution in [-0.2, 0) is 0 Å². The van der Waals surface area contributed by atoms with Gasteiger partial charge in [-0.05, 0) is 47.1 Å². The van der Waals surface area contributed by atoms with Crippen molar-refractivity contribution in [3.05, 3.63) is 69.7 Å². The molecule has 0 aliphatic heterocycles. The van der Waals surface area contributed by atoms with Gasteiger partial charge in [-0.25, -0.2) is 8.78 Å². The molecule has 0 aromatic heterocycles. The fourth-order valence-electron chi connectivity index (χ4n) is 2.03. The summed E-state index contributed by atoms with van der Waals surface area (Å²) in [5.74, 6) is -1.24. The number of carbonyl (C=O) groups is 1. The SMILES string of the molecule is CC(c1ccccc1F)N(C)C(=O)c1ccc(Br)c(F)c1. The van der Waals surface area contributed by atoms with Crippen molar-refractivity contribution in [2.45, 2.75) is 13.0 Å². The number of halogens is 3. The maximum absolute atomic E-state index is 13.8. The maximum atomic E-state index is 13.8. The van der Waals surface area contributed by atoms with Gasteiger partial charge in [0.15, 0.2) is 0 Å². The second kappa shape index (κ2) is 6.35. The van der Waals surface area contributed by atoms with E-state index in [-0.39, 0.29) is 17.3 Å². The molecule has 0 aliphatic carbocycles. The number of carbonyl (C=O) groups excluding carboxylic acids is 1. The monoisotopic (exact) mass is 353 g/mol. The minimum Gasteiger partial charge on any atom is -0.335 e. The van der Waals surface area contributed by atoms with Gasteiger partial charge < -0.3 is 4.90 Å². The molecule has 2 nitrogen and oxygen atoms in total. The van der Waals surface area contributed by atoms with Crippen LogP contribution < -0.4 is 0 Å². The molecule has 0 fully saturated rings. The van der Waals surface area contributed by atoms with E-state index in [1.165, 1.54) is 23.1 Å². The van der Waals surface area contributed by atoms with E-state index in [9.17, 15) is 13.6 Å². The molecule has 1 amide bonds. The third-order valence-electron chi connectivity index (χ3n) is 3.42. The van der Waals surface area contributed by atoms with Crippen LogP contribution in [0.25, 0.3) is 0 Å². The van der Waals surface area contributed by atoms with Gasteiger partial charge in [-0.1, -0.05) is 18.2 Å². The second-order valence-corrected chi connectivity index (χ2v) is 5.60. The first-order valence-corrected chi connectivity index (χ1v) is 7.17. The van der Waals surface area contributed by atoms with E-state index >= 15 is 0 Å². The predicted molar refractivity (Wildman–Crippen MR) is 81.0 cm³/mol. The van der Waals surface area contributed by atoms with Gasteiger partial charge in [0, 0.05) is 18.2 Å². The first kappa shape index (κ1) is 15.6. The first-order chi connectivity index (χ1) is 9.91. The number of nitrogens with zero attached hydrogens (tertiary/aromatic N) is 1. The molecule has 1 atom stereocenters. The van der Waals surface area contributed by atoms with Crippen molar-refractivity contribution in [3.8, 4) is 0 Å². The lowest BCUT2D eigenvalue weighted by molar-refractivity contribution is 0.0740. The predicted octanol–water partition coefficient (Wildman–Crippen LogP) is 4.56. The summed E-state index contributed by atoms with van der Waals surface area (Å²) in [5, 5.41) is 0. The van der Waals surface area contributed by atoms with Crippen molar-refractivity contribution in [2.24, 2.45) is 0 Å². The normalized spacial score (nSPS) is 12.0. The highest BCUT2D eigenvalue weighted by Crippen LogP contribution is 2.24. The van der Waals surface area contributed by atoms with Crippen molar-refractivity contribution >= 4 is 21.8 Å². The van der Waals surface area contributed by atoms with E-state index < -0.39 is 11.9 Å². The van der Waals surface area contributed by atoms with Gasteiger partial charge in [0.1, 0.15) is 11.6 Å². The summed E-state index contributed by atoms with van der Waals surface area (Å²) in [5.41, 5.74) is 0.646. The minimum absolute atomic E-state index is 0.224. The average Bonchev–Trinajstić information content (AvgIpc) is 2.48. The van der Waals surface area contributed by atoms with E-state index in [2.05, 4.69) is 15.9 Å². The molecule has 0 N–H and O–H groups in total. The molecule has 0 saturated carbocycles. The van der Waals surface area contributed by atoms with Crippen LogP contribution >= 0.6 is 15.9 Å². The zero-order chi connectivity index (χ0) is 15.6. The van der Waals surface area contributed by atoms with E-state index in [1.54, 1.807) is 32.2 Å².